The van der Waals surface area contributed by atoms with Crippen molar-refractivity contribution in [1.29, 1.82) is 0 Å². The van der Waals surface area contributed by atoms with Gasteiger partial charge in [-0.05, 0) is 95.7 Å². The summed E-state index contributed by atoms with van der Waals surface area (Å²) in [5, 5.41) is 4.45. The minimum Gasteiger partial charge on any atom is -0.358 e. The number of amides is 1. The van der Waals surface area contributed by atoms with Crippen LogP contribution in [0.25, 0.3) is 0 Å². The van der Waals surface area contributed by atoms with Gasteiger partial charge in [0.25, 0.3) is 0 Å². The van der Waals surface area contributed by atoms with Gasteiger partial charge in [-0.1, -0.05) is 19.0 Å². The molecule has 1 aliphatic carbocycles. The molecule has 1 saturated carbocycles. The van der Waals surface area contributed by atoms with Gasteiger partial charge in [-0.3, -0.25) is 9.69 Å². The van der Waals surface area contributed by atoms with Crippen molar-refractivity contribution in [3.63, 3.8) is 0 Å². The molecule has 0 N–H and O–H groups in total. The molecule has 1 spiro atoms. The number of likely N-dealkylation sites (tertiary alicyclic amines) is 2. The molecule has 1 aromatic rings. The molecule has 4 saturated heterocycles. The van der Waals surface area contributed by atoms with Gasteiger partial charge in [0.05, 0.1) is 0 Å². The molecule has 0 bridgehead atoms. The first-order valence-corrected chi connectivity index (χ1v) is 16.5. The zero-order chi connectivity index (χ0) is 27.9. The molecule has 2 atom stereocenters. The number of piperidine rings is 2. The minimum absolute atomic E-state index is 0.188. The Bertz CT molecular complexity index is 979. The number of aromatic nitrogens is 1. The predicted molar refractivity (Wildman–Crippen MR) is 160 cm³/mol. The van der Waals surface area contributed by atoms with Crippen LogP contribution in [-0.4, -0.2) is 115 Å². The highest BCUT2D eigenvalue weighted by molar-refractivity contribution is 5.84. The summed E-state index contributed by atoms with van der Waals surface area (Å²) < 4.78 is 5.84. The van der Waals surface area contributed by atoms with Gasteiger partial charge in [0.2, 0.25) is 5.91 Å². The summed E-state index contributed by atoms with van der Waals surface area (Å²) in [5.74, 6) is 2.59. The lowest BCUT2D eigenvalue weighted by Gasteiger charge is -2.56. The van der Waals surface area contributed by atoms with E-state index in [9.17, 15) is 4.79 Å². The molecule has 5 fully saturated rings. The number of hydrogen-bond donors (Lipinski definition) is 0. The van der Waals surface area contributed by atoms with E-state index in [4.69, 9.17) is 4.52 Å². The van der Waals surface area contributed by atoms with Crippen molar-refractivity contribution < 1.29 is 9.32 Å². The van der Waals surface area contributed by atoms with Crippen molar-refractivity contribution in [2.24, 2.45) is 17.3 Å². The predicted octanol–water partition coefficient (Wildman–Crippen LogP) is 4.13. The first kappa shape index (κ1) is 28.5. The molecule has 4 aliphatic heterocycles. The lowest BCUT2D eigenvalue weighted by atomic mass is 9.60. The van der Waals surface area contributed by atoms with Gasteiger partial charge in [0.1, 0.15) is 5.92 Å². The van der Waals surface area contributed by atoms with Gasteiger partial charge < -0.3 is 24.1 Å². The Kier molecular flexibility index (Phi) is 8.49. The van der Waals surface area contributed by atoms with Crippen LogP contribution in [-0.2, 0) is 4.79 Å². The van der Waals surface area contributed by atoms with Crippen molar-refractivity contribution in [3.05, 3.63) is 11.8 Å². The van der Waals surface area contributed by atoms with Crippen molar-refractivity contribution in [2.45, 2.75) is 90.1 Å². The van der Waals surface area contributed by atoms with E-state index < -0.39 is 0 Å². The molecule has 40 heavy (non-hydrogen) atoms. The summed E-state index contributed by atoms with van der Waals surface area (Å²) in [6.45, 7) is 18.2. The van der Waals surface area contributed by atoms with Crippen LogP contribution in [0.3, 0.4) is 0 Å². The molecular formula is C32H54N6O2. The highest BCUT2D eigenvalue weighted by Gasteiger charge is 2.48. The second-order valence-corrected chi connectivity index (χ2v) is 14.5. The van der Waals surface area contributed by atoms with Crippen LogP contribution < -0.4 is 4.90 Å². The highest BCUT2D eigenvalue weighted by Crippen LogP contribution is 2.51. The SMILES string of the molecule is CC(C)C(C(=O)N1CCCC1C)c1cc(N2CCC(CN3CCC4(CC3)CC(N3CCN(C)CC3)C4)CC2)no1. The summed E-state index contributed by atoms with van der Waals surface area (Å²) in [5.41, 5.74) is 0.653. The van der Waals surface area contributed by atoms with E-state index in [0.717, 1.165) is 56.0 Å². The smallest absolute Gasteiger partial charge is 0.233 e. The number of piperazine rings is 1. The van der Waals surface area contributed by atoms with Gasteiger partial charge in [-0.15, -0.1) is 0 Å². The quantitative estimate of drug-likeness (QED) is 0.502. The molecule has 1 amide bonds. The number of nitrogens with zero attached hydrogens (tertiary/aromatic N) is 6. The van der Waals surface area contributed by atoms with Crippen LogP contribution in [0.5, 0.6) is 0 Å². The first-order valence-electron chi connectivity index (χ1n) is 16.5. The molecule has 6 rings (SSSR count). The second kappa shape index (κ2) is 11.9. The van der Waals surface area contributed by atoms with Crippen molar-refractivity contribution >= 4 is 11.7 Å². The van der Waals surface area contributed by atoms with Crippen LogP contribution >= 0.6 is 0 Å². The monoisotopic (exact) mass is 554 g/mol. The molecule has 0 radical (unpaired) electrons. The average Bonchev–Trinajstić information content (AvgIpc) is 3.58. The molecular weight excluding hydrogens is 500 g/mol. The van der Waals surface area contributed by atoms with Crippen LogP contribution in [0.1, 0.15) is 83.8 Å². The van der Waals surface area contributed by atoms with Crippen molar-refractivity contribution in [3.8, 4) is 0 Å². The van der Waals surface area contributed by atoms with Crippen LogP contribution in [0.2, 0.25) is 0 Å². The number of likely N-dealkylation sites (N-methyl/N-ethyl adjacent to an activating group) is 1. The molecule has 1 aromatic heterocycles. The van der Waals surface area contributed by atoms with E-state index in [1.165, 1.54) is 84.3 Å². The molecule has 224 valence electrons. The Morgan fingerprint density at radius 3 is 2.33 bits per heavy atom. The number of rotatable bonds is 7. The fourth-order valence-corrected chi connectivity index (χ4v) is 8.46. The number of hydrogen-bond acceptors (Lipinski definition) is 7. The van der Waals surface area contributed by atoms with Crippen LogP contribution in [0, 0.1) is 17.3 Å². The first-order chi connectivity index (χ1) is 19.3. The Balaban J connectivity index is 0.942. The summed E-state index contributed by atoms with van der Waals surface area (Å²) >= 11 is 0. The van der Waals surface area contributed by atoms with E-state index in [2.05, 4.69) is 63.5 Å². The molecule has 0 aromatic carbocycles. The Morgan fingerprint density at radius 1 is 1.00 bits per heavy atom. The number of anilines is 1. The Morgan fingerprint density at radius 2 is 1.70 bits per heavy atom. The summed E-state index contributed by atoms with van der Waals surface area (Å²) in [4.78, 5) is 25.8. The van der Waals surface area contributed by atoms with Gasteiger partial charge in [-0.2, -0.15) is 0 Å². The molecule has 5 aliphatic rings. The van der Waals surface area contributed by atoms with E-state index in [1.807, 2.05) is 0 Å². The van der Waals surface area contributed by atoms with Gasteiger partial charge in [-0.25, -0.2) is 0 Å². The lowest BCUT2D eigenvalue weighted by Crippen LogP contribution is -2.58. The maximum atomic E-state index is 13.4. The van der Waals surface area contributed by atoms with E-state index in [1.54, 1.807) is 0 Å². The third-order valence-electron chi connectivity index (χ3n) is 11.4. The van der Waals surface area contributed by atoms with Gasteiger partial charge in [0.15, 0.2) is 11.6 Å². The third kappa shape index (κ3) is 5.96. The fraction of sp³-hybridized carbons (Fsp3) is 0.875. The summed E-state index contributed by atoms with van der Waals surface area (Å²) in [6, 6.07) is 3.24. The standard InChI is InChI=1S/C32H54N6O2/c1-24(2)30(31(39)38-11-5-6-25(38)3)28-20-29(33-40-28)37-12-7-26(8-13-37)23-35-14-9-32(10-15-35)21-27(22-32)36-18-16-34(4)17-19-36/h20,24-27,30H,5-19,21-23H2,1-4H3. The summed E-state index contributed by atoms with van der Waals surface area (Å²) in [6.07, 6.45) is 10.3. The number of carbonyl (C=O) groups is 1. The van der Waals surface area contributed by atoms with Crippen molar-refractivity contribution in [2.75, 3.05) is 77.4 Å². The summed E-state index contributed by atoms with van der Waals surface area (Å²) in [7, 11) is 2.26. The van der Waals surface area contributed by atoms with Gasteiger partial charge >= 0.3 is 0 Å². The maximum absolute atomic E-state index is 13.4. The minimum atomic E-state index is -0.241. The normalized spacial score (nSPS) is 28.5. The van der Waals surface area contributed by atoms with E-state index in [0.29, 0.717) is 11.5 Å². The zero-order valence-corrected chi connectivity index (χ0v) is 25.7. The molecule has 5 heterocycles. The molecule has 8 heteroatoms. The Hall–Kier alpha value is -1.64. The largest absolute Gasteiger partial charge is 0.358 e. The number of carbonyl (C=O) groups excluding carboxylic acids is 1. The van der Waals surface area contributed by atoms with E-state index >= 15 is 0 Å². The molecule has 2 unspecified atom stereocenters. The Labute approximate surface area is 242 Å². The van der Waals surface area contributed by atoms with Gasteiger partial charge in [0, 0.05) is 70.5 Å². The third-order valence-corrected chi connectivity index (χ3v) is 11.4. The maximum Gasteiger partial charge on any atom is 0.233 e. The average molecular weight is 555 g/mol. The zero-order valence-electron chi connectivity index (χ0n) is 25.7. The van der Waals surface area contributed by atoms with E-state index in [-0.39, 0.29) is 17.7 Å². The molecule has 8 nitrogen and oxygen atoms in total. The highest BCUT2D eigenvalue weighted by atomic mass is 16.5. The van der Waals surface area contributed by atoms with Crippen molar-refractivity contribution in [1.82, 2.24) is 24.8 Å². The second-order valence-electron chi connectivity index (χ2n) is 14.5. The fourth-order valence-electron chi connectivity index (χ4n) is 8.46. The van der Waals surface area contributed by atoms with Crippen LogP contribution in [0.4, 0.5) is 5.82 Å². The van der Waals surface area contributed by atoms with Crippen LogP contribution in [0.15, 0.2) is 10.6 Å². The lowest BCUT2D eigenvalue weighted by molar-refractivity contribution is -0.134. The topological polar surface area (TPSA) is 59.3 Å².